The molecule has 0 aromatic rings. The van der Waals surface area contributed by atoms with Crippen molar-refractivity contribution in [1.29, 1.82) is 0 Å². The molecule has 2 saturated heterocycles. The average Bonchev–Trinajstić information content (AvgIpc) is 2.90. The van der Waals surface area contributed by atoms with Gasteiger partial charge in [-0.05, 0) is 44.6 Å². The Hall–Kier alpha value is -0.540. The maximum atomic E-state index is 6.38. The minimum absolute atomic E-state index is 0.0622. The summed E-state index contributed by atoms with van der Waals surface area (Å²) in [7, 11) is 0. The third-order valence-corrected chi connectivity index (χ3v) is 5.25. The highest BCUT2D eigenvalue weighted by atomic mass is 16.6. The Kier molecular flexibility index (Phi) is 3.38. The molecule has 108 valence electrons. The van der Waals surface area contributed by atoms with Crippen molar-refractivity contribution in [1.82, 2.24) is 0 Å². The fourth-order valence-electron chi connectivity index (χ4n) is 3.73. The third-order valence-electron chi connectivity index (χ3n) is 5.25. The SMILES string of the molecule is CC(C)C12CCC(C)(O1)C(OCC1CCC=CO1)C2. The van der Waals surface area contributed by atoms with Gasteiger partial charge in [-0.2, -0.15) is 0 Å². The lowest BCUT2D eigenvalue weighted by Crippen LogP contribution is -2.40. The van der Waals surface area contributed by atoms with E-state index in [9.17, 15) is 0 Å². The second kappa shape index (κ2) is 4.78. The van der Waals surface area contributed by atoms with E-state index in [-0.39, 0.29) is 23.4 Å². The molecule has 3 heterocycles. The molecule has 0 aliphatic carbocycles. The van der Waals surface area contributed by atoms with Gasteiger partial charge in [0.05, 0.1) is 30.2 Å². The summed E-state index contributed by atoms with van der Waals surface area (Å²) in [6, 6.07) is 0. The van der Waals surface area contributed by atoms with Gasteiger partial charge in [-0.3, -0.25) is 0 Å². The number of ether oxygens (including phenoxy) is 3. The number of fused-ring (bicyclic) bond motifs is 2. The zero-order valence-electron chi connectivity index (χ0n) is 12.4. The molecule has 0 N–H and O–H groups in total. The lowest BCUT2D eigenvalue weighted by atomic mass is 9.75. The molecule has 0 aromatic carbocycles. The quantitative estimate of drug-likeness (QED) is 0.780. The second-order valence-corrected chi connectivity index (χ2v) is 6.87. The maximum Gasteiger partial charge on any atom is 0.121 e. The van der Waals surface area contributed by atoms with Crippen molar-refractivity contribution in [2.45, 2.75) is 76.3 Å². The van der Waals surface area contributed by atoms with Crippen LogP contribution in [0, 0.1) is 5.92 Å². The Labute approximate surface area is 116 Å². The largest absolute Gasteiger partial charge is 0.496 e. The van der Waals surface area contributed by atoms with Gasteiger partial charge in [0.25, 0.3) is 0 Å². The number of hydrogen-bond donors (Lipinski definition) is 0. The lowest BCUT2D eigenvalue weighted by molar-refractivity contribution is -0.104. The van der Waals surface area contributed by atoms with Crippen LogP contribution in [0.2, 0.25) is 0 Å². The summed E-state index contributed by atoms with van der Waals surface area (Å²) in [4.78, 5) is 0. The van der Waals surface area contributed by atoms with Crippen molar-refractivity contribution >= 4 is 0 Å². The summed E-state index contributed by atoms with van der Waals surface area (Å²) in [5.41, 5.74) is -0.0124. The predicted octanol–water partition coefficient (Wildman–Crippen LogP) is 3.43. The predicted molar refractivity (Wildman–Crippen MR) is 73.9 cm³/mol. The van der Waals surface area contributed by atoms with Crippen LogP contribution in [0.1, 0.15) is 52.9 Å². The topological polar surface area (TPSA) is 27.7 Å². The molecule has 19 heavy (non-hydrogen) atoms. The minimum Gasteiger partial charge on any atom is -0.496 e. The molecule has 0 amide bonds. The van der Waals surface area contributed by atoms with Crippen LogP contribution >= 0.6 is 0 Å². The highest BCUT2D eigenvalue weighted by Crippen LogP contribution is 2.54. The normalized spacial score (nSPS) is 44.8. The second-order valence-electron chi connectivity index (χ2n) is 6.87. The summed E-state index contributed by atoms with van der Waals surface area (Å²) in [6.45, 7) is 7.45. The van der Waals surface area contributed by atoms with Crippen molar-refractivity contribution in [2.24, 2.45) is 5.92 Å². The maximum absolute atomic E-state index is 6.38. The summed E-state index contributed by atoms with van der Waals surface area (Å²) < 4.78 is 18.1. The van der Waals surface area contributed by atoms with Crippen LogP contribution in [0.3, 0.4) is 0 Å². The Bertz CT molecular complexity index is 365. The van der Waals surface area contributed by atoms with Gasteiger partial charge in [0, 0.05) is 6.42 Å². The molecule has 2 bridgehead atoms. The molecular weight excluding hydrogens is 240 g/mol. The van der Waals surface area contributed by atoms with E-state index in [1.54, 1.807) is 0 Å². The first-order valence-electron chi connectivity index (χ1n) is 7.66. The molecule has 3 aliphatic rings. The van der Waals surface area contributed by atoms with Gasteiger partial charge in [-0.1, -0.05) is 13.8 Å². The Morgan fingerprint density at radius 2 is 2.21 bits per heavy atom. The van der Waals surface area contributed by atoms with Crippen LogP contribution in [0.25, 0.3) is 0 Å². The number of allylic oxidation sites excluding steroid dienone is 1. The average molecular weight is 266 g/mol. The van der Waals surface area contributed by atoms with Crippen LogP contribution in [0.4, 0.5) is 0 Å². The fraction of sp³-hybridized carbons (Fsp3) is 0.875. The highest BCUT2D eigenvalue weighted by molar-refractivity contribution is 5.10. The molecule has 0 radical (unpaired) electrons. The zero-order valence-corrected chi connectivity index (χ0v) is 12.4. The molecule has 4 unspecified atom stereocenters. The van der Waals surface area contributed by atoms with E-state index in [0.29, 0.717) is 12.5 Å². The van der Waals surface area contributed by atoms with Crippen LogP contribution < -0.4 is 0 Å². The van der Waals surface area contributed by atoms with Crippen molar-refractivity contribution in [3.8, 4) is 0 Å². The van der Waals surface area contributed by atoms with E-state index >= 15 is 0 Å². The van der Waals surface area contributed by atoms with Crippen LogP contribution in [0.5, 0.6) is 0 Å². The smallest absolute Gasteiger partial charge is 0.121 e. The molecule has 2 fully saturated rings. The number of hydrogen-bond acceptors (Lipinski definition) is 3. The summed E-state index contributed by atoms with van der Waals surface area (Å²) in [5.74, 6) is 0.566. The van der Waals surface area contributed by atoms with E-state index in [1.165, 1.54) is 6.42 Å². The van der Waals surface area contributed by atoms with Crippen molar-refractivity contribution in [3.05, 3.63) is 12.3 Å². The van der Waals surface area contributed by atoms with Crippen molar-refractivity contribution in [2.75, 3.05) is 6.61 Å². The zero-order chi connectivity index (χ0) is 13.5. The first-order chi connectivity index (χ1) is 9.04. The fourth-order valence-corrected chi connectivity index (χ4v) is 3.73. The molecule has 4 atom stereocenters. The first-order valence-corrected chi connectivity index (χ1v) is 7.66. The van der Waals surface area contributed by atoms with Crippen LogP contribution in [-0.4, -0.2) is 30.0 Å². The van der Waals surface area contributed by atoms with E-state index in [2.05, 4.69) is 26.8 Å². The minimum atomic E-state index is -0.0746. The third kappa shape index (κ3) is 2.31. The molecule has 3 heteroatoms. The molecule has 0 spiro atoms. The standard InChI is InChI=1S/C16H26O3/c1-12(2)16-8-7-15(3,19-16)14(10-16)18-11-13-6-4-5-9-17-13/h5,9,12-14H,4,6-8,10-11H2,1-3H3. The molecular formula is C16H26O3. The van der Waals surface area contributed by atoms with Gasteiger partial charge in [0.1, 0.15) is 6.10 Å². The van der Waals surface area contributed by atoms with Gasteiger partial charge in [-0.25, -0.2) is 0 Å². The van der Waals surface area contributed by atoms with Crippen LogP contribution in [-0.2, 0) is 14.2 Å². The Balaban J connectivity index is 1.59. The lowest BCUT2D eigenvalue weighted by Gasteiger charge is -2.32. The van der Waals surface area contributed by atoms with Gasteiger partial charge >= 0.3 is 0 Å². The molecule has 3 nitrogen and oxygen atoms in total. The van der Waals surface area contributed by atoms with Crippen LogP contribution in [0.15, 0.2) is 12.3 Å². The monoisotopic (exact) mass is 266 g/mol. The summed E-state index contributed by atoms with van der Waals surface area (Å²) >= 11 is 0. The highest BCUT2D eigenvalue weighted by Gasteiger charge is 2.60. The first kappa shape index (κ1) is 13.4. The summed E-state index contributed by atoms with van der Waals surface area (Å²) in [5, 5.41) is 0. The van der Waals surface area contributed by atoms with Crippen molar-refractivity contribution in [3.63, 3.8) is 0 Å². The van der Waals surface area contributed by atoms with E-state index in [0.717, 1.165) is 25.7 Å². The van der Waals surface area contributed by atoms with E-state index in [1.807, 2.05) is 6.26 Å². The van der Waals surface area contributed by atoms with Crippen molar-refractivity contribution < 1.29 is 14.2 Å². The Morgan fingerprint density at radius 3 is 2.84 bits per heavy atom. The Morgan fingerprint density at radius 1 is 1.37 bits per heavy atom. The van der Waals surface area contributed by atoms with E-state index in [4.69, 9.17) is 14.2 Å². The molecule has 3 aliphatic heterocycles. The molecule has 0 aromatic heterocycles. The van der Waals surface area contributed by atoms with Gasteiger partial charge in [0.15, 0.2) is 0 Å². The van der Waals surface area contributed by atoms with Gasteiger partial charge in [-0.15, -0.1) is 0 Å². The van der Waals surface area contributed by atoms with Gasteiger partial charge in [0.2, 0.25) is 0 Å². The number of rotatable bonds is 4. The molecule has 3 rings (SSSR count). The van der Waals surface area contributed by atoms with Gasteiger partial charge < -0.3 is 14.2 Å². The summed E-state index contributed by atoms with van der Waals surface area (Å²) in [6.07, 6.45) is 9.87. The van der Waals surface area contributed by atoms with E-state index < -0.39 is 0 Å². The molecule has 0 saturated carbocycles.